The van der Waals surface area contributed by atoms with E-state index in [0.717, 1.165) is 27.9 Å². The van der Waals surface area contributed by atoms with E-state index in [2.05, 4.69) is 15.1 Å². The largest absolute Gasteiger partial charge is 0.493 e. The normalized spacial score (nSPS) is 16.4. The first-order chi connectivity index (χ1) is 19.3. The maximum absolute atomic E-state index is 13.7. The summed E-state index contributed by atoms with van der Waals surface area (Å²) >= 11 is 0. The first kappa shape index (κ1) is 27.3. The highest BCUT2D eigenvalue weighted by Gasteiger charge is 2.30. The number of anilines is 2. The molecule has 3 aromatic rings. The summed E-state index contributed by atoms with van der Waals surface area (Å²) in [4.78, 5) is 30.2. The van der Waals surface area contributed by atoms with Crippen LogP contribution in [0.15, 0.2) is 53.3 Å². The van der Waals surface area contributed by atoms with Crippen molar-refractivity contribution in [3.63, 3.8) is 0 Å². The molecule has 9 heteroatoms. The molecule has 1 heterocycles. The van der Waals surface area contributed by atoms with E-state index in [0.29, 0.717) is 62.0 Å². The lowest BCUT2D eigenvalue weighted by Gasteiger charge is -2.36. The van der Waals surface area contributed by atoms with Gasteiger partial charge in [0, 0.05) is 44.4 Å². The average molecular weight is 548 g/mol. The van der Waals surface area contributed by atoms with E-state index in [1.807, 2.05) is 18.2 Å². The highest BCUT2D eigenvalue weighted by molar-refractivity contribution is 5.83. The summed E-state index contributed by atoms with van der Waals surface area (Å²) in [6.07, 6.45) is 1.25. The number of hydrogen-bond acceptors (Lipinski definition) is 7. The van der Waals surface area contributed by atoms with Crippen LogP contribution in [0.3, 0.4) is 0 Å². The Morgan fingerprint density at radius 1 is 0.900 bits per heavy atom. The van der Waals surface area contributed by atoms with Gasteiger partial charge in [0.05, 0.1) is 33.1 Å². The molecule has 0 unspecified atom stereocenters. The van der Waals surface area contributed by atoms with E-state index in [1.54, 1.807) is 39.5 Å². The van der Waals surface area contributed by atoms with Crippen molar-refractivity contribution in [2.45, 2.75) is 25.8 Å². The van der Waals surface area contributed by atoms with Gasteiger partial charge in [0.25, 0.3) is 0 Å². The lowest BCUT2D eigenvalue weighted by molar-refractivity contribution is -0.119. The lowest BCUT2D eigenvalue weighted by atomic mass is 9.95. The fourth-order valence-corrected chi connectivity index (χ4v) is 5.82. The van der Waals surface area contributed by atoms with Crippen molar-refractivity contribution in [1.29, 1.82) is 0 Å². The van der Waals surface area contributed by atoms with E-state index in [9.17, 15) is 14.0 Å². The number of piperazine rings is 1. The summed E-state index contributed by atoms with van der Waals surface area (Å²) in [7, 11) is 4.73. The number of ether oxygens (including phenoxy) is 3. The molecule has 1 fully saturated rings. The van der Waals surface area contributed by atoms with Crippen molar-refractivity contribution >= 4 is 17.3 Å². The van der Waals surface area contributed by atoms with Crippen LogP contribution in [-0.2, 0) is 11.2 Å². The van der Waals surface area contributed by atoms with Crippen LogP contribution in [0, 0.1) is 5.82 Å². The smallest absolute Gasteiger partial charge is 0.217 e. The minimum Gasteiger partial charge on any atom is -0.493 e. The molecule has 5 rings (SSSR count). The summed E-state index contributed by atoms with van der Waals surface area (Å²) in [5.74, 6) is 1.12. The highest BCUT2D eigenvalue weighted by atomic mass is 19.1. The minimum atomic E-state index is -0.357. The Balaban J connectivity index is 1.58. The molecular weight excluding hydrogens is 513 g/mol. The number of amides is 1. The molecular formula is C31H34FN3O5. The summed E-state index contributed by atoms with van der Waals surface area (Å²) in [6.45, 7) is 4.16. The van der Waals surface area contributed by atoms with Gasteiger partial charge in [0.1, 0.15) is 5.82 Å². The zero-order chi connectivity index (χ0) is 28.4. The molecule has 3 aromatic carbocycles. The van der Waals surface area contributed by atoms with Crippen molar-refractivity contribution in [2.75, 3.05) is 57.3 Å². The molecule has 2 aliphatic rings. The Bertz CT molecular complexity index is 1470. The molecule has 1 aliphatic heterocycles. The Hall–Kier alpha value is -4.27. The van der Waals surface area contributed by atoms with Gasteiger partial charge in [-0.2, -0.15) is 0 Å². The Morgan fingerprint density at radius 3 is 2.20 bits per heavy atom. The SMILES string of the molecule is COc1cc2c(c(OC)c1OC)-c1ccc(N3CCN(c4ccc(F)cc4)CC3)c(=O)cc1[C@H](NC(C)=O)CC2. The molecule has 1 amide bonds. The number of aryl methyl sites for hydroxylation is 1. The third kappa shape index (κ3) is 5.15. The average Bonchev–Trinajstić information content (AvgIpc) is 3.21. The van der Waals surface area contributed by atoms with Crippen molar-refractivity contribution < 1.29 is 23.4 Å². The molecule has 1 aliphatic carbocycles. The fourth-order valence-electron chi connectivity index (χ4n) is 5.82. The number of fused-ring (bicyclic) bond motifs is 3. The monoisotopic (exact) mass is 547 g/mol. The van der Waals surface area contributed by atoms with Gasteiger partial charge in [-0.15, -0.1) is 0 Å². The van der Waals surface area contributed by atoms with Crippen LogP contribution < -0.4 is 34.8 Å². The number of carbonyl (C=O) groups is 1. The number of nitrogens with one attached hydrogen (secondary N) is 1. The fraction of sp³-hybridized carbons (Fsp3) is 0.355. The second kappa shape index (κ2) is 11.5. The maximum Gasteiger partial charge on any atom is 0.217 e. The van der Waals surface area contributed by atoms with Gasteiger partial charge in [-0.25, -0.2) is 4.39 Å². The van der Waals surface area contributed by atoms with Crippen LogP contribution in [0.1, 0.15) is 30.5 Å². The van der Waals surface area contributed by atoms with Crippen LogP contribution in [0.4, 0.5) is 15.8 Å². The van der Waals surface area contributed by atoms with Crippen LogP contribution in [0.25, 0.3) is 11.1 Å². The summed E-state index contributed by atoms with van der Waals surface area (Å²) < 4.78 is 30.5. The Labute approximate surface area is 233 Å². The van der Waals surface area contributed by atoms with Gasteiger partial charge in [-0.05, 0) is 72.0 Å². The molecule has 1 N–H and O–H groups in total. The summed E-state index contributed by atoms with van der Waals surface area (Å²) in [6, 6.07) is 13.5. The number of rotatable bonds is 6. The molecule has 40 heavy (non-hydrogen) atoms. The number of methoxy groups -OCH3 is 3. The molecule has 1 atom stereocenters. The van der Waals surface area contributed by atoms with E-state index in [1.165, 1.54) is 19.1 Å². The summed E-state index contributed by atoms with van der Waals surface area (Å²) in [5, 5.41) is 3.05. The number of carbonyl (C=O) groups excluding carboxylic acids is 1. The van der Waals surface area contributed by atoms with Crippen molar-refractivity contribution in [1.82, 2.24) is 5.32 Å². The highest BCUT2D eigenvalue weighted by Crippen LogP contribution is 2.50. The number of hydrogen-bond donors (Lipinski definition) is 1. The second-order valence-electron chi connectivity index (χ2n) is 10.0. The van der Waals surface area contributed by atoms with Crippen LogP contribution >= 0.6 is 0 Å². The van der Waals surface area contributed by atoms with Gasteiger partial charge >= 0.3 is 0 Å². The predicted octanol–water partition coefficient (Wildman–Crippen LogP) is 4.33. The third-order valence-corrected chi connectivity index (χ3v) is 7.71. The first-order valence-corrected chi connectivity index (χ1v) is 13.4. The number of benzene rings is 2. The number of halogens is 1. The van der Waals surface area contributed by atoms with E-state index in [4.69, 9.17) is 14.2 Å². The molecule has 0 aromatic heterocycles. The van der Waals surface area contributed by atoms with Gasteiger partial charge in [0.2, 0.25) is 17.1 Å². The van der Waals surface area contributed by atoms with Crippen LogP contribution in [-0.4, -0.2) is 53.4 Å². The first-order valence-electron chi connectivity index (χ1n) is 13.4. The molecule has 0 spiro atoms. The maximum atomic E-state index is 13.7. The van der Waals surface area contributed by atoms with Crippen LogP contribution in [0.5, 0.6) is 17.2 Å². The zero-order valence-corrected chi connectivity index (χ0v) is 23.3. The second-order valence-corrected chi connectivity index (χ2v) is 10.0. The standard InChI is InChI=1S/C31H34FN3O5/c1-19(36)33-25-11-5-20-17-28(38-2)30(39-3)31(40-4)29(20)23-10-12-26(27(37)18-24(23)25)35-15-13-34(14-16-35)22-8-6-21(32)7-9-22/h6-10,12,17-18,25H,5,11,13-16H2,1-4H3,(H,33,36)/t25-/m1/s1. The molecule has 1 saturated heterocycles. The van der Waals surface area contributed by atoms with Crippen molar-refractivity contribution in [2.24, 2.45) is 0 Å². The third-order valence-electron chi connectivity index (χ3n) is 7.71. The predicted molar refractivity (Wildman–Crippen MR) is 154 cm³/mol. The van der Waals surface area contributed by atoms with Gasteiger partial charge in [-0.3, -0.25) is 9.59 Å². The lowest BCUT2D eigenvalue weighted by Crippen LogP contribution is -2.47. The molecule has 0 radical (unpaired) electrons. The molecule has 210 valence electrons. The molecule has 8 nitrogen and oxygen atoms in total. The van der Waals surface area contributed by atoms with Crippen molar-refractivity contribution in [3.05, 3.63) is 75.7 Å². The van der Waals surface area contributed by atoms with Gasteiger partial charge in [-0.1, -0.05) is 6.07 Å². The Kier molecular flexibility index (Phi) is 7.82. The van der Waals surface area contributed by atoms with Crippen molar-refractivity contribution in [3.8, 4) is 28.4 Å². The Morgan fingerprint density at radius 2 is 1.57 bits per heavy atom. The molecule has 0 saturated carbocycles. The topological polar surface area (TPSA) is 80.3 Å². The van der Waals surface area contributed by atoms with Crippen LogP contribution in [0.2, 0.25) is 0 Å². The quantitative estimate of drug-likeness (QED) is 0.492. The zero-order valence-electron chi connectivity index (χ0n) is 23.3. The van der Waals surface area contributed by atoms with E-state index in [-0.39, 0.29) is 23.2 Å². The summed E-state index contributed by atoms with van der Waals surface area (Å²) in [5.41, 5.74) is 4.78. The number of nitrogens with zero attached hydrogens (tertiary/aromatic N) is 2. The molecule has 0 bridgehead atoms. The van der Waals surface area contributed by atoms with Gasteiger partial charge in [0.15, 0.2) is 11.5 Å². The van der Waals surface area contributed by atoms with Gasteiger partial charge < -0.3 is 29.3 Å². The van der Waals surface area contributed by atoms with E-state index < -0.39 is 0 Å². The minimum absolute atomic E-state index is 0.116. The van der Waals surface area contributed by atoms with E-state index >= 15 is 0 Å².